The zero-order chi connectivity index (χ0) is 22.2. The first-order valence-electron chi connectivity index (χ1n) is 9.88. The maximum Gasteiger partial charge on any atom is 0.255 e. The van der Waals surface area contributed by atoms with E-state index in [1.165, 1.54) is 7.11 Å². The summed E-state index contributed by atoms with van der Waals surface area (Å²) in [5.74, 6) is 0.578. The van der Waals surface area contributed by atoms with Crippen molar-refractivity contribution in [1.29, 1.82) is 0 Å². The van der Waals surface area contributed by atoms with Crippen LogP contribution in [0.2, 0.25) is 0 Å². The molecular formula is C23H26N4O3S. The molecule has 0 aliphatic carbocycles. The van der Waals surface area contributed by atoms with E-state index in [0.717, 1.165) is 17.1 Å². The van der Waals surface area contributed by atoms with Crippen LogP contribution in [0.3, 0.4) is 0 Å². The van der Waals surface area contributed by atoms with Gasteiger partial charge in [0.1, 0.15) is 11.8 Å². The molecule has 0 aliphatic rings. The van der Waals surface area contributed by atoms with Crippen molar-refractivity contribution in [2.45, 2.75) is 19.4 Å². The standard InChI is InChI=1S/C23H26N4O3S/c1-16-11-13-24-27(16)18-8-6-7-17(15-18)25-23(29)20(12-14-31-3)26-22(28)19-9-4-5-10-21(19)30-2/h4-11,13,15,20H,12,14H2,1-3H3,(H,25,29)(H,26,28). The molecule has 1 unspecified atom stereocenters. The van der Waals surface area contributed by atoms with E-state index in [4.69, 9.17) is 4.74 Å². The number of hydrogen-bond donors (Lipinski definition) is 2. The van der Waals surface area contributed by atoms with Gasteiger partial charge < -0.3 is 15.4 Å². The molecule has 1 atom stereocenters. The second kappa shape index (κ2) is 10.7. The average Bonchev–Trinajstić information content (AvgIpc) is 3.22. The number of aryl methyl sites for hydroxylation is 1. The maximum absolute atomic E-state index is 13.0. The van der Waals surface area contributed by atoms with Crippen molar-refractivity contribution in [1.82, 2.24) is 15.1 Å². The number of carbonyl (C=O) groups excluding carboxylic acids is 2. The first kappa shape index (κ1) is 22.4. The number of aromatic nitrogens is 2. The molecule has 2 amide bonds. The molecule has 31 heavy (non-hydrogen) atoms. The molecule has 3 rings (SSSR count). The highest BCUT2D eigenvalue weighted by molar-refractivity contribution is 7.98. The van der Waals surface area contributed by atoms with Crippen LogP contribution in [0.1, 0.15) is 22.5 Å². The topological polar surface area (TPSA) is 85.2 Å². The van der Waals surface area contributed by atoms with Crippen LogP contribution in [0.4, 0.5) is 5.69 Å². The summed E-state index contributed by atoms with van der Waals surface area (Å²) in [5, 5.41) is 10.1. The highest BCUT2D eigenvalue weighted by Gasteiger charge is 2.23. The first-order chi connectivity index (χ1) is 15.0. The molecule has 0 bridgehead atoms. The Morgan fingerprint density at radius 1 is 1.16 bits per heavy atom. The average molecular weight is 439 g/mol. The van der Waals surface area contributed by atoms with Gasteiger partial charge in [0.25, 0.3) is 5.91 Å². The molecule has 3 aromatic rings. The highest BCUT2D eigenvalue weighted by Crippen LogP contribution is 2.19. The molecule has 0 saturated heterocycles. The Hall–Kier alpha value is -3.26. The van der Waals surface area contributed by atoms with Crippen LogP contribution in [0.25, 0.3) is 5.69 Å². The minimum atomic E-state index is -0.681. The molecule has 2 N–H and O–H groups in total. The Bertz CT molecular complexity index is 1050. The molecular weight excluding hydrogens is 412 g/mol. The number of thioether (sulfide) groups is 1. The number of para-hydroxylation sites is 1. The van der Waals surface area contributed by atoms with Crippen LogP contribution in [-0.4, -0.2) is 46.8 Å². The summed E-state index contributed by atoms with van der Waals surface area (Å²) in [6.45, 7) is 1.96. The Morgan fingerprint density at radius 3 is 2.68 bits per heavy atom. The summed E-state index contributed by atoms with van der Waals surface area (Å²) < 4.78 is 7.07. The lowest BCUT2D eigenvalue weighted by molar-refractivity contribution is -0.118. The van der Waals surface area contributed by atoms with Gasteiger partial charge in [0.2, 0.25) is 5.91 Å². The fourth-order valence-electron chi connectivity index (χ4n) is 3.16. The number of carbonyl (C=O) groups is 2. The molecule has 7 nitrogen and oxygen atoms in total. The monoisotopic (exact) mass is 438 g/mol. The number of benzene rings is 2. The molecule has 1 aromatic heterocycles. The minimum Gasteiger partial charge on any atom is -0.496 e. The van der Waals surface area contributed by atoms with Gasteiger partial charge in [-0.25, -0.2) is 4.68 Å². The molecule has 162 valence electrons. The molecule has 0 saturated carbocycles. The molecule has 1 heterocycles. The van der Waals surface area contributed by atoms with E-state index in [0.29, 0.717) is 23.4 Å². The Kier molecular flexibility index (Phi) is 7.72. The zero-order valence-corrected chi connectivity index (χ0v) is 18.6. The second-order valence-corrected chi connectivity index (χ2v) is 7.92. The van der Waals surface area contributed by atoms with Crippen molar-refractivity contribution in [3.05, 3.63) is 72.1 Å². The predicted molar refractivity (Wildman–Crippen MR) is 124 cm³/mol. The van der Waals surface area contributed by atoms with Crippen molar-refractivity contribution < 1.29 is 14.3 Å². The summed E-state index contributed by atoms with van der Waals surface area (Å²) >= 11 is 1.62. The lowest BCUT2D eigenvalue weighted by Gasteiger charge is -2.19. The lowest BCUT2D eigenvalue weighted by atomic mass is 10.1. The molecule has 0 radical (unpaired) electrons. The molecule has 0 spiro atoms. The summed E-state index contributed by atoms with van der Waals surface area (Å²) in [7, 11) is 1.51. The van der Waals surface area contributed by atoms with Gasteiger partial charge >= 0.3 is 0 Å². The number of nitrogens with one attached hydrogen (secondary N) is 2. The van der Waals surface area contributed by atoms with Crippen molar-refractivity contribution >= 4 is 29.3 Å². The van der Waals surface area contributed by atoms with Crippen LogP contribution in [-0.2, 0) is 4.79 Å². The van der Waals surface area contributed by atoms with E-state index in [2.05, 4.69) is 15.7 Å². The van der Waals surface area contributed by atoms with Gasteiger partial charge in [-0.05, 0) is 61.8 Å². The summed E-state index contributed by atoms with van der Waals surface area (Å²) in [4.78, 5) is 25.8. The lowest BCUT2D eigenvalue weighted by Crippen LogP contribution is -2.44. The van der Waals surface area contributed by atoms with Gasteiger partial charge in [-0.3, -0.25) is 9.59 Å². The van der Waals surface area contributed by atoms with Crippen LogP contribution >= 0.6 is 11.8 Å². The third-order valence-electron chi connectivity index (χ3n) is 4.77. The summed E-state index contributed by atoms with van der Waals surface area (Å²) in [5.41, 5.74) is 2.87. The van der Waals surface area contributed by atoms with Gasteiger partial charge in [0.05, 0.1) is 18.4 Å². The maximum atomic E-state index is 13.0. The van der Waals surface area contributed by atoms with E-state index in [-0.39, 0.29) is 11.8 Å². The summed E-state index contributed by atoms with van der Waals surface area (Å²) in [6.07, 6.45) is 4.20. The number of amides is 2. The largest absolute Gasteiger partial charge is 0.496 e. The Labute approximate surface area is 186 Å². The van der Waals surface area contributed by atoms with Crippen molar-refractivity contribution in [3.63, 3.8) is 0 Å². The predicted octanol–water partition coefficient (Wildman–Crippen LogP) is 3.68. The zero-order valence-electron chi connectivity index (χ0n) is 17.8. The molecule has 0 aliphatic heterocycles. The van der Waals surface area contributed by atoms with Crippen LogP contribution in [0.15, 0.2) is 60.8 Å². The smallest absolute Gasteiger partial charge is 0.255 e. The highest BCUT2D eigenvalue weighted by atomic mass is 32.2. The van der Waals surface area contributed by atoms with E-state index in [1.54, 1.807) is 46.9 Å². The number of anilines is 1. The quantitative estimate of drug-likeness (QED) is 0.532. The van der Waals surface area contributed by atoms with Crippen molar-refractivity contribution in [3.8, 4) is 11.4 Å². The number of ether oxygens (including phenoxy) is 1. The molecule has 2 aromatic carbocycles. The summed E-state index contributed by atoms with van der Waals surface area (Å²) in [6, 6.07) is 15.6. The van der Waals surface area contributed by atoms with E-state index in [1.807, 2.05) is 43.5 Å². The third kappa shape index (κ3) is 5.67. The third-order valence-corrected chi connectivity index (χ3v) is 5.42. The van der Waals surface area contributed by atoms with Gasteiger partial charge in [-0.15, -0.1) is 0 Å². The van der Waals surface area contributed by atoms with Gasteiger partial charge in [0.15, 0.2) is 0 Å². The fraction of sp³-hybridized carbons (Fsp3) is 0.261. The van der Waals surface area contributed by atoms with Crippen LogP contribution in [0.5, 0.6) is 5.75 Å². The van der Waals surface area contributed by atoms with Crippen molar-refractivity contribution in [2.75, 3.05) is 24.4 Å². The Morgan fingerprint density at radius 2 is 1.97 bits per heavy atom. The van der Waals surface area contributed by atoms with Crippen LogP contribution < -0.4 is 15.4 Å². The van der Waals surface area contributed by atoms with Crippen LogP contribution in [0, 0.1) is 6.92 Å². The first-order valence-corrected chi connectivity index (χ1v) is 11.3. The van der Waals surface area contributed by atoms with Gasteiger partial charge in [-0.1, -0.05) is 18.2 Å². The van der Waals surface area contributed by atoms with E-state index in [9.17, 15) is 9.59 Å². The molecule has 8 heteroatoms. The SMILES string of the molecule is COc1ccccc1C(=O)NC(CCSC)C(=O)Nc1cccc(-n2nccc2C)c1. The fourth-order valence-corrected chi connectivity index (χ4v) is 3.63. The van der Waals surface area contributed by atoms with Gasteiger partial charge in [0, 0.05) is 17.6 Å². The van der Waals surface area contributed by atoms with Crippen molar-refractivity contribution in [2.24, 2.45) is 0 Å². The number of rotatable bonds is 9. The van der Waals surface area contributed by atoms with E-state index >= 15 is 0 Å². The van der Waals surface area contributed by atoms with E-state index < -0.39 is 6.04 Å². The number of nitrogens with zero attached hydrogens (tertiary/aromatic N) is 2. The molecule has 0 fully saturated rings. The number of methoxy groups -OCH3 is 1. The second-order valence-electron chi connectivity index (χ2n) is 6.93. The number of hydrogen-bond acceptors (Lipinski definition) is 5. The Balaban J connectivity index is 1.76. The normalized spacial score (nSPS) is 11.6. The van der Waals surface area contributed by atoms with Gasteiger partial charge in [-0.2, -0.15) is 16.9 Å². The minimum absolute atomic E-state index is 0.272.